The van der Waals surface area contributed by atoms with Crippen molar-refractivity contribution in [2.75, 3.05) is 5.32 Å². The van der Waals surface area contributed by atoms with E-state index in [1.165, 1.54) is 5.56 Å². The first-order chi connectivity index (χ1) is 9.15. The summed E-state index contributed by atoms with van der Waals surface area (Å²) in [5, 5.41) is 13.4. The van der Waals surface area contributed by atoms with Gasteiger partial charge in [-0.25, -0.2) is 0 Å². The van der Waals surface area contributed by atoms with E-state index in [2.05, 4.69) is 16.4 Å². The van der Waals surface area contributed by atoms with Crippen molar-refractivity contribution in [3.8, 4) is 5.75 Å². The number of fused-ring (bicyclic) bond motifs is 1. The van der Waals surface area contributed by atoms with Crippen LogP contribution in [0.3, 0.4) is 0 Å². The van der Waals surface area contributed by atoms with E-state index in [1.807, 2.05) is 6.07 Å². The van der Waals surface area contributed by atoms with Crippen LogP contribution < -0.4 is 5.32 Å². The van der Waals surface area contributed by atoms with Crippen LogP contribution in [0.25, 0.3) is 0 Å². The Morgan fingerprint density at radius 1 is 1.26 bits per heavy atom. The molecule has 1 heterocycles. The van der Waals surface area contributed by atoms with Gasteiger partial charge >= 0.3 is 0 Å². The molecule has 3 nitrogen and oxygen atoms in total. The summed E-state index contributed by atoms with van der Waals surface area (Å²) in [5.41, 5.74) is 3.13. The Labute approximate surface area is 121 Å². The zero-order chi connectivity index (χ0) is 13.4. The van der Waals surface area contributed by atoms with E-state index in [9.17, 15) is 5.11 Å². The maximum atomic E-state index is 9.55. The second kappa shape index (κ2) is 4.91. The predicted octanol–water partition coefficient (Wildman–Crippen LogP) is 4.19. The number of aromatic nitrogens is 1. The van der Waals surface area contributed by atoms with Gasteiger partial charge < -0.3 is 10.4 Å². The number of phenolic OH excluding ortho intramolecular Hbond substituents is 1. The van der Waals surface area contributed by atoms with Gasteiger partial charge in [0.15, 0.2) is 5.75 Å². The van der Waals surface area contributed by atoms with Crippen LogP contribution in [-0.4, -0.2) is 10.1 Å². The number of anilines is 1. The van der Waals surface area contributed by atoms with E-state index in [-0.39, 0.29) is 21.8 Å². The molecule has 5 heteroatoms. The molecule has 0 fully saturated rings. The first kappa shape index (κ1) is 12.6. The molecule has 2 aromatic rings. The number of aromatic hydroxyl groups is 1. The number of phenols is 1. The zero-order valence-corrected chi connectivity index (χ0v) is 11.5. The lowest BCUT2D eigenvalue weighted by molar-refractivity contribution is 0.476. The minimum Gasteiger partial charge on any atom is -0.505 e. The van der Waals surface area contributed by atoms with Crippen LogP contribution in [-0.2, 0) is 6.42 Å². The van der Waals surface area contributed by atoms with Gasteiger partial charge in [-0.05, 0) is 36.6 Å². The van der Waals surface area contributed by atoms with Crippen LogP contribution >= 0.6 is 23.2 Å². The average molecular weight is 295 g/mol. The van der Waals surface area contributed by atoms with Gasteiger partial charge in [0.2, 0.25) is 0 Å². The maximum Gasteiger partial charge on any atom is 0.152 e. The van der Waals surface area contributed by atoms with E-state index in [0.717, 1.165) is 24.2 Å². The molecule has 1 aliphatic rings. The van der Waals surface area contributed by atoms with Crippen LogP contribution in [0.2, 0.25) is 10.0 Å². The molecule has 1 unspecified atom stereocenters. The molecular weight excluding hydrogens is 283 g/mol. The molecule has 0 bridgehead atoms. The minimum absolute atomic E-state index is 0.0844. The second-order valence-corrected chi connectivity index (χ2v) is 5.39. The number of hydrogen-bond acceptors (Lipinski definition) is 3. The molecule has 1 atom stereocenters. The van der Waals surface area contributed by atoms with Crippen LogP contribution in [0, 0.1) is 0 Å². The number of benzene rings is 1. The maximum absolute atomic E-state index is 9.55. The predicted molar refractivity (Wildman–Crippen MR) is 77.0 cm³/mol. The highest BCUT2D eigenvalue weighted by molar-refractivity contribution is 6.37. The van der Waals surface area contributed by atoms with Crippen LogP contribution in [0.4, 0.5) is 5.69 Å². The fourth-order valence-corrected chi connectivity index (χ4v) is 2.89. The number of hydrogen-bond donors (Lipinski definition) is 2. The third-order valence-electron chi connectivity index (χ3n) is 3.32. The Hall–Kier alpha value is -1.45. The summed E-state index contributed by atoms with van der Waals surface area (Å²) in [4.78, 5) is 4.42. The summed E-state index contributed by atoms with van der Waals surface area (Å²) < 4.78 is 0. The molecule has 1 aliphatic carbocycles. The summed E-state index contributed by atoms with van der Waals surface area (Å²) in [6, 6.07) is 7.55. The molecule has 1 aromatic carbocycles. The van der Waals surface area contributed by atoms with Crippen molar-refractivity contribution in [3.63, 3.8) is 0 Å². The second-order valence-electron chi connectivity index (χ2n) is 4.57. The highest BCUT2D eigenvalue weighted by Gasteiger charge is 2.23. The van der Waals surface area contributed by atoms with Crippen molar-refractivity contribution in [1.82, 2.24) is 4.98 Å². The largest absolute Gasteiger partial charge is 0.505 e. The number of nitrogens with zero attached hydrogens (tertiary/aromatic N) is 1. The highest BCUT2D eigenvalue weighted by Crippen LogP contribution is 2.37. The van der Waals surface area contributed by atoms with Gasteiger partial charge in [0.05, 0.1) is 21.8 Å². The number of rotatable bonds is 2. The molecule has 1 aromatic heterocycles. The van der Waals surface area contributed by atoms with Crippen molar-refractivity contribution >= 4 is 28.9 Å². The fourth-order valence-electron chi connectivity index (χ4n) is 2.40. The monoisotopic (exact) mass is 294 g/mol. The quantitative estimate of drug-likeness (QED) is 0.816. The normalized spacial score (nSPS) is 17.3. The molecule has 0 radical (unpaired) electrons. The molecule has 19 heavy (non-hydrogen) atoms. The van der Waals surface area contributed by atoms with Gasteiger partial charge in [-0.15, -0.1) is 0 Å². The Morgan fingerprint density at radius 3 is 2.74 bits per heavy atom. The van der Waals surface area contributed by atoms with E-state index < -0.39 is 0 Å². The van der Waals surface area contributed by atoms with Crippen molar-refractivity contribution in [2.24, 2.45) is 0 Å². The zero-order valence-electron chi connectivity index (χ0n) is 10.0. The summed E-state index contributed by atoms with van der Waals surface area (Å²) in [6.07, 6.45) is 3.80. The lowest BCUT2D eigenvalue weighted by Gasteiger charge is -2.15. The first-order valence-corrected chi connectivity index (χ1v) is 6.79. The first-order valence-electron chi connectivity index (χ1n) is 6.03. The molecule has 0 amide bonds. The third kappa shape index (κ3) is 2.36. The third-order valence-corrected chi connectivity index (χ3v) is 3.89. The smallest absolute Gasteiger partial charge is 0.152 e. The van der Waals surface area contributed by atoms with Crippen LogP contribution in [0.5, 0.6) is 5.75 Å². The standard InChI is InChI=1S/C14H12Cl2N2O/c15-10-6-9(7-11(16)14(10)19)18-12-4-3-8-2-1-5-17-13(8)12/h1-2,5-7,12,18-19H,3-4H2. The minimum atomic E-state index is -0.0844. The van der Waals surface area contributed by atoms with Crippen molar-refractivity contribution < 1.29 is 5.11 Å². The van der Waals surface area contributed by atoms with Crippen molar-refractivity contribution in [1.29, 1.82) is 0 Å². The Morgan fingerprint density at radius 2 is 2.00 bits per heavy atom. The lowest BCUT2D eigenvalue weighted by atomic mass is 10.2. The van der Waals surface area contributed by atoms with Gasteiger partial charge in [-0.3, -0.25) is 4.98 Å². The lowest BCUT2D eigenvalue weighted by Crippen LogP contribution is -2.08. The van der Waals surface area contributed by atoms with Gasteiger partial charge in [-0.2, -0.15) is 0 Å². The van der Waals surface area contributed by atoms with Gasteiger partial charge in [0, 0.05) is 11.9 Å². The molecule has 0 spiro atoms. The van der Waals surface area contributed by atoms with E-state index >= 15 is 0 Å². The topological polar surface area (TPSA) is 45.1 Å². The van der Waals surface area contributed by atoms with E-state index in [4.69, 9.17) is 23.2 Å². The molecule has 0 aliphatic heterocycles. The Kier molecular flexibility index (Phi) is 3.25. The number of halogens is 2. The van der Waals surface area contributed by atoms with Crippen LogP contribution in [0.1, 0.15) is 23.7 Å². The van der Waals surface area contributed by atoms with Gasteiger partial charge in [0.1, 0.15) is 0 Å². The molecule has 0 saturated heterocycles. The molecule has 0 saturated carbocycles. The summed E-state index contributed by atoms with van der Waals surface area (Å²) in [5.74, 6) is -0.0844. The van der Waals surface area contributed by atoms with E-state index in [1.54, 1.807) is 18.3 Å². The Balaban J connectivity index is 1.87. The average Bonchev–Trinajstić information content (AvgIpc) is 2.79. The van der Waals surface area contributed by atoms with Gasteiger partial charge in [0.25, 0.3) is 0 Å². The number of nitrogens with one attached hydrogen (secondary N) is 1. The van der Waals surface area contributed by atoms with Crippen molar-refractivity contribution in [3.05, 3.63) is 51.8 Å². The summed E-state index contributed by atoms with van der Waals surface area (Å²) in [6.45, 7) is 0. The SMILES string of the molecule is Oc1c(Cl)cc(NC2CCc3cccnc32)cc1Cl. The molecule has 98 valence electrons. The van der Waals surface area contributed by atoms with Crippen LogP contribution in [0.15, 0.2) is 30.5 Å². The molecule has 2 N–H and O–H groups in total. The molecular formula is C14H12Cl2N2O. The number of pyridine rings is 1. The highest BCUT2D eigenvalue weighted by atomic mass is 35.5. The molecule has 3 rings (SSSR count). The summed E-state index contributed by atoms with van der Waals surface area (Å²) in [7, 11) is 0. The van der Waals surface area contributed by atoms with E-state index in [0.29, 0.717) is 0 Å². The Bertz CT molecular complexity index is 608. The van der Waals surface area contributed by atoms with Gasteiger partial charge in [-0.1, -0.05) is 29.3 Å². The summed E-state index contributed by atoms with van der Waals surface area (Å²) >= 11 is 11.8. The number of aryl methyl sites for hydroxylation is 1. The fraction of sp³-hybridized carbons (Fsp3) is 0.214. The van der Waals surface area contributed by atoms with Crippen molar-refractivity contribution in [2.45, 2.75) is 18.9 Å².